The average molecular weight is 276 g/mol. The number of benzene rings is 1. The van der Waals surface area contributed by atoms with Crippen molar-refractivity contribution < 1.29 is 0 Å². The van der Waals surface area contributed by atoms with Gasteiger partial charge in [-0.05, 0) is 18.9 Å². The fourth-order valence-corrected chi connectivity index (χ4v) is 2.02. The van der Waals surface area contributed by atoms with E-state index in [2.05, 4.69) is 39.6 Å². The van der Waals surface area contributed by atoms with Crippen molar-refractivity contribution in [3.63, 3.8) is 0 Å². The van der Waals surface area contributed by atoms with E-state index in [1.54, 1.807) is 0 Å². The summed E-state index contributed by atoms with van der Waals surface area (Å²) in [7, 11) is 0. The molecule has 0 aliphatic carbocycles. The molecule has 0 spiro atoms. The predicted octanol–water partition coefficient (Wildman–Crippen LogP) is 3.66. The Kier molecular flexibility index (Phi) is 4.74. The summed E-state index contributed by atoms with van der Waals surface area (Å²) in [6, 6.07) is 10.4. The molecule has 2 rings (SSSR count). The van der Waals surface area contributed by atoms with Crippen LogP contribution < -0.4 is 5.32 Å². The summed E-state index contributed by atoms with van der Waals surface area (Å²) in [5.74, 6) is 1.62. The van der Waals surface area contributed by atoms with Crippen molar-refractivity contribution in [3.05, 3.63) is 52.4 Å². The standard InChI is InChI=1S/C15H18ClN3/c1-3-13-18-14(16)11(2)15(19-13)17-10-9-12-7-5-4-6-8-12/h4-8H,3,9-10H2,1-2H3,(H,17,18,19). The van der Waals surface area contributed by atoms with E-state index in [1.165, 1.54) is 5.56 Å². The zero-order valence-corrected chi connectivity index (χ0v) is 12.0. The summed E-state index contributed by atoms with van der Waals surface area (Å²) in [6.45, 7) is 4.79. The molecular formula is C15H18ClN3. The highest BCUT2D eigenvalue weighted by atomic mass is 35.5. The van der Waals surface area contributed by atoms with Gasteiger partial charge in [-0.15, -0.1) is 0 Å². The van der Waals surface area contributed by atoms with Crippen LogP contribution >= 0.6 is 11.6 Å². The molecule has 0 radical (unpaired) electrons. The third-order valence-corrected chi connectivity index (χ3v) is 3.37. The van der Waals surface area contributed by atoms with E-state index in [0.29, 0.717) is 5.15 Å². The van der Waals surface area contributed by atoms with Crippen molar-refractivity contribution in [1.29, 1.82) is 0 Å². The van der Waals surface area contributed by atoms with Crippen LogP contribution in [0.3, 0.4) is 0 Å². The molecule has 0 fully saturated rings. The van der Waals surface area contributed by atoms with Crippen LogP contribution in [0.5, 0.6) is 0 Å². The van der Waals surface area contributed by atoms with E-state index in [9.17, 15) is 0 Å². The van der Waals surface area contributed by atoms with Crippen LogP contribution in [0.15, 0.2) is 30.3 Å². The molecule has 100 valence electrons. The minimum atomic E-state index is 0.536. The summed E-state index contributed by atoms with van der Waals surface area (Å²) < 4.78 is 0. The van der Waals surface area contributed by atoms with E-state index in [-0.39, 0.29) is 0 Å². The lowest BCUT2D eigenvalue weighted by Crippen LogP contribution is -2.10. The molecule has 4 heteroatoms. The molecule has 19 heavy (non-hydrogen) atoms. The number of nitrogens with one attached hydrogen (secondary N) is 1. The van der Waals surface area contributed by atoms with Gasteiger partial charge in [-0.3, -0.25) is 0 Å². The van der Waals surface area contributed by atoms with Crippen molar-refractivity contribution in [1.82, 2.24) is 9.97 Å². The van der Waals surface area contributed by atoms with E-state index in [1.807, 2.05) is 19.9 Å². The lowest BCUT2D eigenvalue weighted by Gasteiger charge is -2.10. The molecule has 0 bridgehead atoms. The molecule has 0 saturated heterocycles. The Labute approximate surface area is 119 Å². The largest absolute Gasteiger partial charge is 0.369 e. The van der Waals surface area contributed by atoms with Gasteiger partial charge in [0, 0.05) is 18.5 Å². The second-order valence-corrected chi connectivity index (χ2v) is 4.78. The zero-order valence-electron chi connectivity index (χ0n) is 11.3. The summed E-state index contributed by atoms with van der Waals surface area (Å²) in [6.07, 6.45) is 1.75. The SMILES string of the molecule is CCc1nc(Cl)c(C)c(NCCc2ccccc2)n1. The highest BCUT2D eigenvalue weighted by Crippen LogP contribution is 2.19. The maximum absolute atomic E-state index is 6.10. The molecule has 0 unspecified atom stereocenters. The maximum Gasteiger partial charge on any atom is 0.137 e. The Hall–Kier alpha value is -1.61. The fraction of sp³-hybridized carbons (Fsp3) is 0.333. The molecule has 0 aliphatic heterocycles. The van der Waals surface area contributed by atoms with Gasteiger partial charge < -0.3 is 5.32 Å². The van der Waals surface area contributed by atoms with Crippen molar-refractivity contribution >= 4 is 17.4 Å². The summed E-state index contributed by atoms with van der Waals surface area (Å²) in [5, 5.41) is 3.88. The van der Waals surface area contributed by atoms with Gasteiger partial charge in [-0.2, -0.15) is 0 Å². The third kappa shape index (κ3) is 3.67. The van der Waals surface area contributed by atoms with Gasteiger partial charge in [0.25, 0.3) is 0 Å². The lowest BCUT2D eigenvalue weighted by molar-refractivity contribution is 0.915. The van der Waals surface area contributed by atoms with Gasteiger partial charge in [-0.25, -0.2) is 9.97 Å². The van der Waals surface area contributed by atoms with E-state index in [0.717, 1.165) is 36.6 Å². The van der Waals surface area contributed by atoms with Crippen LogP contribution in [0.4, 0.5) is 5.82 Å². The first-order valence-corrected chi connectivity index (χ1v) is 6.89. The Morgan fingerprint density at radius 2 is 1.89 bits per heavy atom. The first-order valence-electron chi connectivity index (χ1n) is 6.51. The molecule has 3 nitrogen and oxygen atoms in total. The normalized spacial score (nSPS) is 10.5. The first kappa shape index (κ1) is 13.8. The van der Waals surface area contributed by atoms with Gasteiger partial charge in [0.15, 0.2) is 0 Å². The Morgan fingerprint density at radius 3 is 2.58 bits per heavy atom. The van der Waals surface area contributed by atoms with Crippen LogP contribution in [0.1, 0.15) is 23.9 Å². The minimum Gasteiger partial charge on any atom is -0.369 e. The molecular weight excluding hydrogens is 258 g/mol. The van der Waals surface area contributed by atoms with Gasteiger partial charge in [0.1, 0.15) is 16.8 Å². The molecule has 1 aromatic carbocycles. The Bertz CT molecular complexity index is 541. The second-order valence-electron chi connectivity index (χ2n) is 4.42. The fourth-order valence-electron chi connectivity index (χ4n) is 1.83. The number of rotatable bonds is 5. The molecule has 1 aromatic heterocycles. The van der Waals surface area contributed by atoms with Crippen LogP contribution in [0.2, 0.25) is 5.15 Å². The molecule has 1 heterocycles. The number of hydrogen-bond donors (Lipinski definition) is 1. The number of hydrogen-bond acceptors (Lipinski definition) is 3. The topological polar surface area (TPSA) is 37.8 Å². The molecule has 0 saturated carbocycles. The molecule has 2 aromatic rings. The van der Waals surface area contributed by atoms with E-state index in [4.69, 9.17) is 11.6 Å². The number of halogens is 1. The van der Waals surface area contributed by atoms with Crippen molar-refractivity contribution in [3.8, 4) is 0 Å². The van der Waals surface area contributed by atoms with Gasteiger partial charge >= 0.3 is 0 Å². The zero-order chi connectivity index (χ0) is 13.7. The Morgan fingerprint density at radius 1 is 1.16 bits per heavy atom. The van der Waals surface area contributed by atoms with Crippen LogP contribution in [-0.4, -0.2) is 16.5 Å². The van der Waals surface area contributed by atoms with E-state index < -0.39 is 0 Å². The number of anilines is 1. The maximum atomic E-state index is 6.10. The molecule has 1 N–H and O–H groups in total. The average Bonchev–Trinajstić information content (AvgIpc) is 2.44. The molecule has 0 aliphatic rings. The summed E-state index contributed by atoms with van der Waals surface area (Å²) in [5.41, 5.74) is 2.22. The number of aromatic nitrogens is 2. The van der Waals surface area contributed by atoms with Crippen LogP contribution in [0.25, 0.3) is 0 Å². The molecule has 0 atom stereocenters. The molecule has 0 amide bonds. The van der Waals surface area contributed by atoms with Gasteiger partial charge in [0.05, 0.1) is 0 Å². The first-order chi connectivity index (χ1) is 9.20. The van der Waals surface area contributed by atoms with Crippen LogP contribution in [-0.2, 0) is 12.8 Å². The third-order valence-electron chi connectivity index (χ3n) is 3.00. The second kappa shape index (κ2) is 6.53. The predicted molar refractivity (Wildman–Crippen MR) is 79.8 cm³/mol. The number of nitrogens with zero attached hydrogens (tertiary/aromatic N) is 2. The van der Waals surface area contributed by atoms with Gasteiger partial charge in [-0.1, -0.05) is 48.9 Å². The van der Waals surface area contributed by atoms with Crippen LogP contribution in [0, 0.1) is 6.92 Å². The quantitative estimate of drug-likeness (QED) is 0.847. The van der Waals surface area contributed by atoms with Crippen molar-refractivity contribution in [2.45, 2.75) is 26.7 Å². The highest BCUT2D eigenvalue weighted by molar-refractivity contribution is 6.30. The Balaban J connectivity index is 2.01. The van der Waals surface area contributed by atoms with Gasteiger partial charge in [0.2, 0.25) is 0 Å². The lowest BCUT2D eigenvalue weighted by atomic mass is 10.1. The summed E-state index contributed by atoms with van der Waals surface area (Å²) in [4.78, 5) is 8.71. The smallest absolute Gasteiger partial charge is 0.137 e. The van der Waals surface area contributed by atoms with E-state index >= 15 is 0 Å². The number of aryl methyl sites for hydroxylation is 1. The van der Waals surface area contributed by atoms with Crippen molar-refractivity contribution in [2.75, 3.05) is 11.9 Å². The summed E-state index contributed by atoms with van der Waals surface area (Å²) >= 11 is 6.10. The highest BCUT2D eigenvalue weighted by Gasteiger charge is 2.07. The minimum absolute atomic E-state index is 0.536. The van der Waals surface area contributed by atoms with Crippen molar-refractivity contribution in [2.24, 2.45) is 0 Å². The monoisotopic (exact) mass is 275 g/mol.